The lowest BCUT2D eigenvalue weighted by Gasteiger charge is -2.20. The minimum Gasteiger partial charge on any atom is -0.0764 e. The van der Waals surface area contributed by atoms with Crippen molar-refractivity contribution in [3.05, 3.63) is 41.0 Å². The third-order valence-corrected chi connectivity index (χ3v) is 3.07. The fraction of sp³-hybridized carbons (Fsp3) is 0.333. The van der Waals surface area contributed by atoms with Gasteiger partial charge in [0.25, 0.3) is 0 Å². The van der Waals surface area contributed by atoms with Gasteiger partial charge in [-0.25, -0.2) is 0 Å². The van der Waals surface area contributed by atoms with Gasteiger partial charge in [-0.15, -0.1) is 0 Å². The van der Waals surface area contributed by atoms with Crippen LogP contribution < -0.4 is 0 Å². The molecule has 0 radical (unpaired) electrons. The second kappa shape index (κ2) is 2.22. The third-order valence-electron chi connectivity index (χ3n) is 3.07. The number of rotatable bonds is 0. The lowest BCUT2D eigenvalue weighted by atomic mass is 9.84. The first-order chi connectivity index (χ1) is 5.95. The zero-order valence-corrected chi connectivity index (χ0v) is 7.09. The van der Waals surface area contributed by atoms with Crippen LogP contribution in [0.15, 0.2) is 24.3 Å². The molecular formula is C12H12. The Morgan fingerprint density at radius 2 is 2.25 bits per heavy atom. The summed E-state index contributed by atoms with van der Waals surface area (Å²) in [6.45, 7) is 0. The van der Waals surface area contributed by atoms with Gasteiger partial charge in [0.2, 0.25) is 0 Å². The summed E-state index contributed by atoms with van der Waals surface area (Å²) < 4.78 is 0. The molecule has 0 amide bonds. The molecule has 0 N–H and O–H groups in total. The average molecular weight is 156 g/mol. The Kier molecular flexibility index (Phi) is 1.20. The summed E-state index contributed by atoms with van der Waals surface area (Å²) in [6.07, 6.45) is 8.68. The highest BCUT2D eigenvalue weighted by molar-refractivity contribution is 5.65. The Hall–Kier alpha value is -1.04. The lowest BCUT2D eigenvalue weighted by Crippen LogP contribution is -2.06. The molecule has 1 aromatic rings. The molecule has 12 heavy (non-hydrogen) atoms. The van der Waals surface area contributed by atoms with Gasteiger partial charge in [0.1, 0.15) is 0 Å². The average Bonchev–Trinajstić information content (AvgIpc) is 2.52. The van der Waals surface area contributed by atoms with E-state index in [1.165, 1.54) is 24.8 Å². The summed E-state index contributed by atoms with van der Waals surface area (Å²) in [5.41, 5.74) is 4.69. The smallest absolute Gasteiger partial charge is 0.00300 e. The predicted molar refractivity (Wildman–Crippen MR) is 51.2 cm³/mol. The van der Waals surface area contributed by atoms with Crippen molar-refractivity contribution in [2.45, 2.75) is 25.2 Å². The van der Waals surface area contributed by atoms with Gasteiger partial charge in [-0.05, 0) is 36.0 Å². The third kappa shape index (κ3) is 0.726. The van der Waals surface area contributed by atoms with E-state index in [1.54, 1.807) is 11.1 Å². The van der Waals surface area contributed by atoms with Crippen LogP contribution in [0.4, 0.5) is 0 Å². The molecule has 0 unspecified atom stereocenters. The summed E-state index contributed by atoms with van der Waals surface area (Å²) in [4.78, 5) is 0. The summed E-state index contributed by atoms with van der Waals surface area (Å²) in [5.74, 6) is 0.755. The van der Waals surface area contributed by atoms with E-state index in [4.69, 9.17) is 0 Å². The van der Waals surface area contributed by atoms with Crippen molar-refractivity contribution >= 4 is 6.08 Å². The van der Waals surface area contributed by atoms with E-state index in [2.05, 4.69) is 30.4 Å². The monoisotopic (exact) mass is 156 g/mol. The van der Waals surface area contributed by atoms with Gasteiger partial charge in [-0.1, -0.05) is 30.4 Å². The molecule has 1 aromatic carbocycles. The van der Waals surface area contributed by atoms with Gasteiger partial charge in [0, 0.05) is 5.92 Å². The first-order valence-electron chi connectivity index (χ1n) is 4.75. The van der Waals surface area contributed by atoms with Crippen LogP contribution in [0.25, 0.3) is 6.08 Å². The quantitative estimate of drug-likeness (QED) is 0.541. The van der Waals surface area contributed by atoms with Crippen LogP contribution in [0.5, 0.6) is 0 Å². The van der Waals surface area contributed by atoms with E-state index >= 15 is 0 Å². The molecule has 0 saturated carbocycles. The van der Waals surface area contributed by atoms with Crippen LogP contribution in [-0.2, 0) is 6.42 Å². The molecule has 0 nitrogen and oxygen atoms in total. The van der Waals surface area contributed by atoms with Gasteiger partial charge in [-0.2, -0.15) is 0 Å². The standard InChI is InChI=1S/C12H12/c1-3-9-4-2-6-11-8-7-10(5-1)12(9)11/h1,3,5,7-8,11H,2,4,6H2/t11-/m0/s1. The summed E-state index contributed by atoms with van der Waals surface area (Å²) in [5, 5.41) is 0. The SMILES string of the molecule is C1=C[C@@H]2CCCc3cccc1c32. The van der Waals surface area contributed by atoms with Gasteiger partial charge in [-0.3, -0.25) is 0 Å². The molecular weight excluding hydrogens is 144 g/mol. The van der Waals surface area contributed by atoms with Crippen molar-refractivity contribution in [3.63, 3.8) is 0 Å². The second-order valence-electron chi connectivity index (χ2n) is 3.78. The first kappa shape index (κ1) is 6.47. The molecule has 1 atom stereocenters. The maximum Gasteiger partial charge on any atom is 0.00300 e. The number of allylic oxidation sites excluding steroid dienone is 1. The predicted octanol–water partition coefficient (Wildman–Crippen LogP) is 3.13. The molecule has 0 bridgehead atoms. The van der Waals surface area contributed by atoms with Crippen LogP contribution in [0.3, 0.4) is 0 Å². The molecule has 0 aromatic heterocycles. The number of hydrogen-bond acceptors (Lipinski definition) is 0. The maximum absolute atomic E-state index is 2.37. The van der Waals surface area contributed by atoms with E-state index in [1.807, 2.05) is 0 Å². The van der Waals surface area contributed by atoms with Gasteiger partial charge in [0.15, 0.2) is 0 Å². The minimum absolute atomic E-state index is 0.755. The fourth-order valence-corrected chi connectivity index (χ4v) is 2.52. The van der Waals surface area contributed by atoms with Crippen LogP contribution in [-0.4, -0.2) is 0 Å². The number of benzene rings is 1. The molecule has 2 aliphatic carbocycles. The van der Waals surface area contributed by atoms with E-state index in [0.29, 0.717) is 0 Å². The Morgan fingerprint density at radius 1 is 1.25 bits per heavy atom. The van der Waals surface area contributed by atoms with Gasteiger partial charge in [0.05, 0.1) is 0 Å². The van der Waals surface area contributed by atoms with Crippen molar-refractivity contribution in [3.8, 4) is 0 Å². The molecule has 0 spiro atoms. The molecule has 0 heteroatoms. The van der Waals surface area contributed by atoms with Crippen LogP contribution >= 0.6 is 0 Å². The normalized spacial score (nSPS) is 24.2. The zero-order chi connectivity index (χ0) is 7.97. The zero-order valence-electron chi connectivity index (χ0n) is 7.09. The van der Waals surface area contributed by atoms with Crippen molar-refractivity contribution in [1.29, 1.82) is 0 Å². The Balaban J connectivity index is 2.28. The summed E-state index contributed by atoms with van der Waals surface area (Å²) >= 11 is 0. The Bertz CT molecular complexity index is 347. The second-order valence-corrected chi connectivity index (χ2v) is 3.78. The molecule has 60 valence electrons. The molecule has 0 heterocycles. The minimum atomic E-state index is 0.755. The molecule has 0 aliphatic heterocycles. The van der Waals surface area contributed by atoms with Crippen LogP contribution in [0.2, 0.25) is 0 Å². The van der Waals surface area contributed by atoms with E-state index in [-0.39, 0.29) is 0 Å². The van der Waals surface area contributed by atoms with Crippen molar-refractivity contribution in [2.75, 3.05) is 0 Å². The maximum atomic E-state index is 2.37. The van der Waals surface area contributed by atoms with Gasteiger partial charge >= 0.3 is 0 Å². The van der Waals surface area contributed by atoms with Crippen molar-refractivity contribution in [1.82, 2.24) is 0 Å². The summed E-state index contributed by atoms with van der Waals surface area (Å²) in [6, 6.07) is 6.71. The van der Waals surface area contributed by atoms with Crippen LogP contribution in [0.1, 0.15) is 35.4 Å². The Labute approximate surface area is 72.9 Å². The number of aryl methyl sites for hydroxylation is 1. The molecule has 2 aliphatic rings. The highest BCUT2D eigenvalue weighted by atomic mass is 14.3. The van der Waals surface area contributed by atoms with Crippen LogP contribution in [0, 0.1) is 0 Å². The van der Waals surface area contributed by atoms with E-state index in [9.17, 15) is 0 Å². The topological polar surface area (TPSA) is 0 Å². The number of hydrogen-bond donors (Lipinski definition) is 0. The largest absolute Gasteiger partial charge is 0.0764 e. The Morgan fingerprint density at radius 3 is 3.25 bits per heavy atom. The highest BCUT2D eigenvalue weighted by Crippen LogP contribution is 2.39. The van der Waals surface area contributed by atoms with E-state index < -0.39 is 0 Å². The molecule has 3 rings (SSSR count). The lowest BCUT2D eigenvalue weighted by molar-refractivity contribution is 0.635. The summed E-state index contributed by atoms with van der Waals surface area (Å²) in [7, 11) is 0. The van der Waals surface area contributed by atoms with Crippen molar-refractivity contribution < 1.29 is 0 Å². The molecule has 0 saturated heterocycles. The molecule has 0 fully saturated rings. The highest BCUT2D eigenvalue weighted by Gasteiger charge is 2.23. The fourth-order valence-electron chi connectivity index (χ4n) is 2.52. The van der Waals surface area contributed by atoms with Gasteiger partial charge < -0.3 is 0 Å². The first-order valence-corrected chi connectivity index (χ1v) is 4.75. The van der Waals surface area contributed by atoms with E-state index in [0.717, 1.165) is 5.92 Å². The van der Waals surface area contributed by atoms with Crippen molar-refractivity contribution in [2.24, 2.45) is 0 Å².